The number of carbonyl (C=O) groups is 3. The maximum atomic E-state index is 12.6. The Morgan fingerprint density at radius 1 is 1.11 bits per heavy atom. The third kappa shape index (κ3) is 5.01. The van der Waals surface area contributed by atoms with Crippen LogP contribution >= 0.6 is 11.8 Å². The molecule has 0 radical (unpaired) electrons. The Hall–Kier alpha value is -2.60. The standard InChI is InChI=1S/C22H24N2O3S/c1-2-3-7-16-10-12-17(13-11-16)23-20(25)15-28-19-14-21(26)24(22(19)27)18-8-5-4-6-9-18/h4-6,8-13,19H,2-3,7,14-15H2,1H3,(H,23,25)/t19-/m0/s1. The summed E-state index contributed by atoms with van der Waals surface area (Å²) in [6, 6.07) is 16.7. The fourth-order valence-corrected chi connectivity index (χ4v) is 4.02. The molecule has 3 rings (SSSR count). The van der Waals surface area contributed by atoms with E-state index in [0.717, 1.165) is 24.9 Å². The van der Waals surface area contributed by atoms with Crippen LogP contribution in [0.15, 0.2) is 54.6 Å². The first-order chi connectivity index (χ1) is 13.6. The van der Waals surface area contributed by atoms with Crippen molar-refractivity contribution >= 4 is 40.9 Å². The van der Waals surface area contributed by atoms with E-state index in [4.69, 9.17) is 0 Å². The predicted molar refractivity (Wildman–Crippen MR) is 113 cm³/mol. The normalized spacial score (nSPS) is 16.5. The minimum absolute atomic E-state index is 0.123. The number of carbonyl (C=O) groups excluding carboxylic acids is 3. The molecule has 3 amide bonds. The summed E-state index contributed by atoms with van der Waals surface area (Å²) in [7, 11) is 0. The molecule has 1 fully saturated rings. The van der Waals surface area contributed by atoms with Crippen molar-refractivity contribution in [2.75, 3.05) is 16.0 Å². The molecule has 1 atom stereocenters. The number of para-hydroxylation sites is 1. The molecular formula is C22H24N2O3S. The van der Waals surface area contributed by atoms with Gasteiger partial charge in [0.2, 0.25) is 17.7 Å². The Balaban J connectivity index is 1.51. The molecule has 0 aromatic heterocycles. The van der Waals surface area contributed by atoms with Crippen molar-refractivity contribution in [2.24, 2.45) is 0 Å². The molecule has 0 saturated carbocycles. The van der Waals surface area contributed by atoms with Crippen LogP contribution in [0.1, 0.15) is 31.7 Å². The Morgan fingerprint density at radius 2 is 1.82 bits per heavy atom. The monoisotopic (exact) mass is 396 g/mol. The molecule has 1 N–H and O–H groups in total. The lowest BCUT2D eigenvalue weighted by atomic mass is 10.1. The maximum Gasteiger partial charge on any atom is 0.247 e. The summed E-state index contributed by atoms with van der Waals surface area (Å²) in [6.45, 7) is 2.16. The molecule has 146 valence electrons. The number of anilines is 2. The van der Waals surface area contributed by atoms with Gasteiger partial charge in [-0.25, -0.2) is 4.90 Å². The largest absolute Gasteiger partial charge is 0.325 e. The van der Waals surface area contributed by atoms with Crippen molar-refractivity contribution in [1.82, 2.24) is 0 Å². The van der Waals surface area contributed by atoms with Crippen molar-refractivity contribution in [3.8, 4) is 0 Å². The van der Waals surface area contributed by atoms with E-state index in [2.05, 4.69) is 12.2 Å². The van der Waals surface area contributed by atoms with Gasteiger partial charge in [-0.2, -0.15) is 0 Å². The molecule has 6 heteroatoms. The molecule has 1 aliphatic heterocycles. The van der Waals surface area contributed by atoms with E-state index in [1.807, 2.05) is 30.3 Å². The molecule has 28 heavy (non-hydrogen) atoms. The van der Waals surface area contributed by atoms with E-state index in [1.54, 1.807) is 24.3 Å². The molecule has 0 bridgehead atoms. The molecule has 5 nitrogen and oxygen atoms in total. The molecule has 1 saturated heterocycles. The van der Waals surface area contributed by atoms with Gasteiger partial charge < -0.3 is 5.32 Å². The first-order valence-corrected chi connectivity index (χ1v) is 10.6. The van der Waals surface area contributed by atoms with Crippen LogP contribution in [0.3, 0.4) is 0 Å². The van der Waals surface area contributed by atoms with Crippen LogP contribution in [0.2, 0.25) is 0 Å². The summed E-state index contributed by atoms with van der Waals surface area (Å²) in [5.41, 5.74) is 2.57. The van der Waals surface area contributed by atoms with Crippen LogP contribution in [0, 0.1) is 0 Å². The second kappa shape index (κ2) is 9.55. The zero-order chi connectivity index (χ0) is 19.9. The Labute approximate surface area is 169 Å². The maximum absolute atomic E-state index is 12.6. The highest BCUT2D eigenvalue weighted by molar-refractivity contribution is 8.01. The van der Waals surface area contributed by atoms with Crippen molar-refractivity contribution in [3.05, 3.63) is 60.2 Å². The number of nitrogens with zero attached hydrogens (tertiary/aromatic N) is 1. The van der Waals surface area contributed by atoms with Crippen LogP contribution in [0.5, 0.6) is 0 Å². The number of aryl methyl sites for hydroxylation is 1. The van der Waals surface area contributed by atoms with Crippen molar-refractivity contribution in [2.45, 2.75) is 37.9 Å². The number of nitrogens with one attached hydrogen (secondary N) is 1. The highest BCUT2D eigenvalue weighted by Crippen LogP contribution is 2.29. The smallest absolute Gasteiger partial charge is 0.247 e. The van der Waals surface area contributed by atoms with Crippen molar-refractivity contribution in [3.63, 3.8) is 0 Å². The zero-order valence-corrected chi connectivity index (χ0v) is 16.7. The lowest BCUT2D eigenvalue weighted by Crippen LogP contribution is -2.31. The number of imide groups is 1. The molecule has 2 aromatic carbocycles. The minimum atomic E-state index is -0.519. The van der Waals surface area contributed by atoms with Gasteiger partial charge in [-0.05, 0) is 42.7 Å². The van der Waals surface area contributed by atoms with Gasteiger partial charge in [0.1, 0.15) is 0 Å². The first kappa shape index (κ1) is 20.1. The second-order valence-corrected chi connectivity index (χ2v) is 7.95. The summed E-state index contributed by atoms with van der Waals surface area (Å²) < 4.78 is 0. The van der Waals surface area contributed by atoms with E-state index >= 15 is 0 Å². The van der Waals surface area contributed by atoms with Crippen LogP contribution in [0.4, 0.5) is 11.4 Å². The van der Waals surface area contributed by atoms with E-state index < -0.39 is 5.25 Å². The zero-order valence-electron chi connectivity index (χ0n) is 15.9. The fraction of sp³-hybridized carbons (Fsp3) is 0.318. The van der Waals surface area contributed by atoms with E-state index in [9.17, 15) is 14.4 Å². The third-order valence-electron chi connectivity index (χ3n) is 4.59. The predicted octanol–water partition coefficient (Wildman–Crippen LogP) is 4.03. The topological polar surface area (TPSA) is 66.5 Å². The number of benzene rings is 2. The van der Waals surface area contributed by atoms with E-state index in [-0.39, 0.29) is 29.9 Å². The summed E-state index contributed by atoms with van der Waals surface area (Å²) >= 11 is 1.21. The van der Waals surface area contributed by atoms with Crippen LogP contribution in [-0.4, -0.2) is 28.7 Å². The van der Waals surface area contributed by atoms with Crippen LogP contribution in [-0.2, 0) is 20.8 Å². The molecule has 1 aliphatic rings. The lowest BCUT2D eigenvalue weighted by Gasteiger charge is -2.14. The SMILES string of the molecule is CCCCc1ccc(NC(=O)CS[C@H]2CC(=O)N(c3ccccc3)C2=O)cc1. The average molecular weight is 397 g/mol. The highest BCUT2D eigenvalue weighted by atomic mass is 32.2. The minimum Gasteiger partial charge on any atom is -0.325 e. The summed E-state index contributed by atoms with van der Waals surface area (Å²) in [4.78, 5) is 38.2. The van der Waals surface area contributed by atoms with Gasteiger partial charge in [0.15, 0.2) is 0 Å². The number of unbranched alkanes of at least 4 members (excludes halogenated alkanes) is 1. The van der Waals surface area contributed by atoms with E-state index in [0.29, 0.717) is 5.69 Å². The van der Waals surface area contributed by atoms with Gasteiger partial charge in [-0.15, -0.1) is 11.8 Å². The number of hydrogen-bond acceptors (Lipinski definition) is 4. The Morgan fingerprint density at radius 3 is 2.50 bits per heavy atom. The fourth-order valence-electron chi connectivity index (χ4n) is 3.09. The third-order valence-corrected chi connectivity index (χ3v) is 5.79. The first-order valence-electron chi connectivity index (χ1n) is 9.50. The molecule has 1 heterocycles. The number of hydrogen-bond donors (Lipinski definition) is 1. The average Bonchev–Trinajstić information content (AvgIpc) is 3.00. The lowest BCUT2D eigenvalue weighted by molar-refractivity contribution is -0.121. The van der Waals surface area contributed by atoms with Crippen LogP contribution < -0.4 is 10.2 Å². The number of rotatable bonds is 8. The molecule has 2 aromatic rings. The van der Waals surface area contributed by atoms with Crippen molar-refractivity contribution < 1.29 is 14.4 Å². The van der Waals surface area contributed by atoms with Gasteiger partial charge in [0.05, 0.1) is 16.7 Å². The van der Waals surface area contributed by atoms with Gasteiger partial charge in [-0.3, -0.25) is 14.4 Å². The van der Waals surface area contributed by atoms with Crippen LogP contribution in [0.25, 0.3) is 0 Å². The Kier molecular flexibility index (Phi) is 6.87. The second-order valence-electron chi connectivity index (χ2n) is 6.76. The number of amides is 3. The van der Waals surface area contributed by atoms with Gasteiger partial charge in [-0.1, -0.05) is 43.7 Å². The summed E-state index contributed by atoms with van der Waals surface area (Å²) in [5.74, 6) is -0.528. The highest BCUT2D eigenvalue weighted by Gasteiger charge is 2.39. The molecular weight excluding hydrogens is 372 g/mol. The number of thioether (sulfide) groups is 1. The van der Waals surface area contributed by atoms with Crippen molar-refractivity contribution in [1.29, 1.82) is 0 Å². The van der Waals surface area contributed by atoms with Gasteiger partial charge >= 0.3 is 0 Å². The molecule has 0 aliphatic carbocycles. The Bertz CT molecular complexity index is 837. The summed E-state index contributed by atoms with van der Waals surface area (Å²) in [5, 5.41) is 2.33. The summed E-state index contributed by atoms with van der Waals surface area (Å²) in [6.07, 6.45) is 3.46. The quantitative estimate of drug-likeness (QED) is 0.684. The molecule has 0 spiro atoms. The van der Waals surface area contributed by atoms with Gasteiger partial charge in [0.25, 0.3) is 0 Å². The van der Waals surface area contributed by atoms with Gasteiger partial charge in [0, 0.05) is 12.1 Å². The van der Waals surface area contributed by atoms with E-state index in [1.165, 1.54) is 22.2 Å². The molecule has 0 unspecified atom stereocenters.